The standard InChI is InChI=1S/C10H11ClFN3O/c1-2-3-4-15-10(16)6-5-7(12)8(11)13-9(6)14-15/h5H,2-4H2,1H3,(H,13,14). The Morgan fingerprint density at radius 2 is 2.38 bits per heavy atom. The zero-order valence-electron chi connectivity index (χ0n) is 8.76. The lowest BCUT2D eigenvalue weighted by Crippen LogP contribution is -2.16. The van der Waals surface area contributed by atoms with Crippen molar-refractivity contribution in [2.75, 3.05) is 0 Å². The number of nitrogens with zero attached hydrogens (tertiary/aromatic N) is 2. The third kappa shape index (κ3) is 1.82. The minimum atomic E-state index is -0.673. The molecule has 16 heavy (non-hydrogen) atoms. The molecule has 0 spiro atoms. The first-order chi connectivity index (χ1) is 7.63. The number of aryl methyl sites for hydroxylation is 1. The second kappa shape index (κ2) is 4.25. The number of aromatic nitrogens is 3. The van der Waals surface area contributed by atoms with E-state index in [1.54, 1.807) is 0 Å². The first-order valence-corrected chi connectivity index (χ1v) is 5.46. The summed E-state index contributed by atoms with van der Waals surface area (Å²) in [6, 6.07) is 1.12. The van der Waals surface area contributed by atoms with E-state index in [2.05, 4.69) is 10.1 Å². The highest BCUT2D eigenvalue weighted by Crippen LogP contribution is 2.15. The lowest BCUT2D eigenvalue weighted by atomic mass is 10.3. The Kier molecular flexibility index (Phi) is 2.96. The normalized spacial score (nSPS) is 11.2. The highest BCUT2D eigenvalue weighted by atomic mass is 35.5. The molecular formula is C10H11ClFN3O. The van der Waals surface area contributed by atoms with E-state index in [1.807, 2.05) is 6.92 Å². The average molecular weight is 244 g/mol. The largest absolute Gasteiger partial charge is 0.278 e. The van der Waals surface area contributed by atoms with E-state index < -0.39 is 5.82 Å². The van der Waals surface area contributed by atoms with Gasteiger partial charge in [-0.1, -0.05) is 24.9 Å². The van der Waals surface area contributed by atoms with Crippen LogP contribution in [0.1, 0.15) is 19.8 Å². The van der Waals surface area contributed by atoms with E-state index in [1.165, 1.54) is 4.68 Å². The van der Waals surface area contributed by atoms with Crippen molar-refractivity contribution >= 4 is 22.6 Å². The van der Waals surface area contributed by atoms with E-state index >= 15 is 0 Å². The summed E-state index contributed by atoms with van der Waals surface area (Å²) >= 11 is 5.54. The minimum Gasteiger partial charge on any atom is -0.278 e. The number of fused-ring (bicyclic) bond motifs is 1. The predicted molar refractivity (Wildman–Crippen MR) is 60.2 cm³/mol. The summed E-state index contributed by atoms with van der Waals surface area (Å²) in [5.74, 6) is -0.673. The van der Waals surface area contributed by atoms with Crippen molar-refractivity contribution in [1.82, 2.24) is 14.8 Å². The molecule has 0 aromatic carbocycles. The Hall–Kier alpha value is -1.36. The number of hydrogen-bond acceptors (Lipinski definition) is 2. The summed E-state index contributed by atoms with van der Waals surface area (Å²) in [5.41, 5.74) is 0.0685. The lowest BCUT2D eigenvalue weighted by molar-refractivity contribution is 0.561. The number of aromatic amines is 1. The molecule has 0 bridgehead atoms. The molecule has 0 saturated heterocycles. The smallest absolute Gasteiger partial charge is 0.276 e. The van der Waals surface area contributed by atoms with Gasteiger partial charge in [-0.2, -0.15) is 0 Å². The number of rotatable bonds is 3. The number of hydrogen-bond donors (Lipinski definition) is 1. The van der Waals surface area contributed by atoms with Gasteiger partial charge < -0.3 is 0 Å². The first kappa shape index (κ1) is 11.1. The van der Waals surface area contributed by atoms with Crippen molar-refractivity contribution in [3.05, 3.63) is 27.4 Å². The van der Waals surface area contributed by atoms with E-state index in [0.29, 0.717) is 12.2 Å². The van der Waals surface area contributed by atoms with Crippen LogP contribution in [0.2, 0.25) is 5.15 Å². The first-order valence-electron chi connectivity index (χ1n) is 5.08. The Labute approximate surface area is 96.0 Å². The molecule has 2 heterocycles. The fourth-order valence-electron chi connectivity index (χ4n) is 1.51. The van der Waals surface area contributed by atoms with Crippen LogP contribution in [-0.4, -0.2) is 14.8 Å². The van der Waals surface area contributed by atoms with Crippen molar-refractivity contribution in [2.45, 2.75) is 26.3 Å². The van der Waals surface area contributed by atoms with Crippen LogP contribution in [0.5, 0.6) is 0 Å². The van der Waals surface area contributed by atoms with Crippen LogP contribution in [0.25, 0.3) is 11.0 Å². The summed E-state index contributed by atoms with van der Waals surface area (Å²) in [4.78, 5) is 15.6. The van der Waals surface area contributed by atoms with Crippen molar-refractivity contribution in [2.24, 2.45) is 0 Å². The van der Waals surface area contributed by atoms with Crippen molar-refractivity contribution in [1.29, 1.82) is 0 Å². The molecule has 4 nitrogen and oxygen atoms in total. The monoisotopic (exact) mass is 243 g/mol. The molecule has 0 aliphatic heterocycles. The lowest BCUT2D eigenvalue weighted by Gasteiger charge is -1.97. The molecular weight excluding hydrogens is 233 g/mol. The number of nitrogens with one attached hydrogen (secondary N) is 1. The molecule has 0 unspecified atom stereocenters. The highest BCUT2D eigenvalue weighted by molar-refractivity contribution is 6.29. The van der Waals surface area contributed by atoms with Gasteiger partial charge in [-0.15, -0.1) is 0 Å². The van der Waals surface area contributed by atoms with Gasteiger partial charge in [0.25, 0.3) is 5.56 Å². The van der Waals surface area contributed by atoms with E-state index in [0.717, 1.165) is 18.9 Å². The molecule has 2 aromatic heterocycles. The number of pyridine rings is 1. The Morgan fingerprint density at radius 1 is 1.62 bits per heavy atom. The van der Waals surface area contributed by atoms with Gasteiger partial charge in [-0.05, 0) is 12.5 Å². The molecule has 0 atom stereocenters. The Morgan fingerprint density at radius 3 is 3.06 bits per heavy atom. The van der Waals surface area contributed by atoms with Crippen LogP contribution in [0.15, 0.2) is 10.9 Å². The zero-order chi connectivity index (χ0) is 11.7. The molecule has 0 radical (unpaired) electrons. The zero-order valence-corrected chi connectivity index (χ0v) is 9.51. The van der Waals surface area contributed by atoms with Gasteiger partial charge in [0.2, 0.25) is 0 Å². The fourth-order valence-corrected chi connectivity index (χ4v) is 1.65. The van der Waals surface area contributed by atoms with Crippen molar-refractivity contribution < 1.29 is 4.39 Å². The Bertz CT molecular complexity index is 575. The number of H-pyrrole nitrogens is 1. The average Bonchev–Trinajstić information content (AvgIpc) is 2.54. The molecule has 86 valence electrons. The molecule has 2 rings (SSSR count). The maximum atomic E-state index is 13.1. The topological polar surface area (TPSA) is 50.7 Å². The molecule has 0 fully saturated rings. The van der Waals surface area contributed by atoms with Crippen LogP contribution >= 0.6 is 11.6 Å². The van der Waals surface area contributed by atoms with Crippen molar-refractivity contribution in [3.63, 3.8) is 0 Å². The summed E-state index contributed by atoms with van der Waals surface area (Å²) < 4.78 is 14.6. The van der Waals surface area contributed by atoms with Crippen LogP contribution in [0.4, 0.5) is 4.39 Å². The van der Waals surface area contributed by atoms with Crippen LogP contribution in [-0.2, 0) is 6.54 Å². The summed E-state index contributed by atoms with van der Waals surface area (Å²) in [7, 11) is 0. The van der Waals surface area contributed by atoms with Gasteiger partial charge in [-0.25, -0.2) is 9.37 Å². The van der Waals surface area contributed by atoms with Crippen LogP contribution in [0.3, 0.4) is 0 Å². The molecule has 2 aromatic rings. The molecule has 0 saturated carbocycles. The number of halogens is 2. The van der Waals surface area contributed by atoms with Crippen LogP contribution in [0, 0.1) is 5.82 Å². The fraction of sp³-hybridized carbons (Fsp3) is 0.400. The van der Waals surface area contributed by atoms with Gasteiger partial charge in [0, 0.05) is 6.54 Å². The SMILES string of the molecule is CCCCn1[nH]c2nc(Cl)c(F)cc2c1=O. The van der Waals surface area contributed by atoms with Gasteiger partial charge in [0.05, 0.1) is 5.39 Å². The third-order valence-electron chi connectivity index (χ3n) is 2.38. The highest BCUT2D eigenvalue weighted by Gasteiger charge is 2.11. The van der Waals surface area contributed by atoms with E-state index in [-0.39, 0.29) is 16.1 Å². The molecule has 0 aliphatic rings. The maximum Gasteiger partial charge on any atom is 0.276 e. The van der Waals surface area contributed by atoms with Crippen molar-refractivity contribution in [3.8, 4) is 0 Å². The third-order valence-corrected chi connectivity index (χ3v) is 2.65. The molecule has 1 N–H and O–H groups in total. The van der Waals surface area contributed by atoms with Gasteiger partial charge in [-0.3, -0.25) is 14.6 Å². The van der Waals surface area contributed by atoms with Gasteiger partial charge in [0.15, 0.2) is 16.6 Å². The molecule has 6 heteroatoms. The summed E-state index contributed by atoms with van der Waals surface area (Å²) in [6.07, 6.45) is 1.85. The molecule has 0 amide bonds. The molecule has 0 aliphatic carbocycles. The predicted octanol–water partition coefficient (Wildman–Crippen LogP) is 2.32. The maximum absolute atomic E-state index is 13.1. The van der Waals surface area contributed by atoms with E-state index in [4.69, 9.17) is 11.6 Å². The second-order valence-corrected chi connectivity index (χ2v) is 3.94. The van der Waals surface area contributed by atoms with E-state index in [9.17, 15) is 9.18 Å². The second-order valence-electron chi connectivity index (χ2n) is 3.58. The van der Waals surface area contributed by atoms with Gasteiger partial charge >= 0.3 is 0 Å². The van der Waals surface area contributed by atoms with Gasteiger partial charge in [0.1, 0.15) is 0 Å². The Balaban J connectivity index is 2.55. The summed E-state index contributed by atoms with van der Waals surface area (Å²) in [5, 5.41) is 2.82. The summed E-state index contributed by atoms with van der Waals surface area (Å²) in [6.45, 7) is 2.60. The number of unbranched alkanes of at least 4 members (excludes halogenated alkanes) is 1. The van der Waals surface area contributed by atoms with Crippen LogP contribution < -0.4 is 5.56 Å². The minimum absolute atomic E-state index is 0.226. The quantitative estimate of drug-likeness (QED) is 0.841.